The molecular weight excluding hydrogens is 278 g/mol. The molecule has 1 heterocycles. The number of nitrogens with one attached hydrogen (secondary N) is 1. The first kappa shape index (κ1) is 13.5. The van der Waals surface area contributed by atoms with E-state index >= 15 is 0 Å². The van der Waals surface area contributed by atoms with Gasteiger partial charge in [-0.3, -0.25) is 0 Å². The van der Waals surface area contributed by atoms with E-state index in [1.54, 1.807) is 6.92 Å². The van der Waals surface area contributed by atoms with Gasteiger partial charge in [0.25, 0.3) is 0 Å². The third-order valence-electron chi connectivity index (χ3n) is 2.33. The van der Waals surface area contributed by atoms with Gasteiger partial charge in [0, 0.05) is 0 Å². The van der Waals surface area contributed by atoms with Crippen molar-refractivity contribution in [2.24, 2.45) is 0 Å². The number of carbonyl (C=O) groups excluding carboxylic acids is 1. The van der Waals surface area contributed by atoms with Crippen LogP contribution >= 0.6 is 11.6 Å². The SMILES string of the molecule is CCOC(=O)c1nc(-c2c(F)cccc2F)[nH]c1Cl. The molecule has 0 saturated carbocycles. The minimum atomic E-state index is -0.805. The van der Waals surface area contributed by atoms with Gasteiger partial charge < -0.3 is 9.72 Å². The van der Waals surface area contributed by atoms with Crippen LogP contribution in [0.4, 0.5) is 8.78 Å². The summed E-state index contributed by atoms with van der Waals surface area (Å²) in [6, 6.07) is 3.39. The summed E-state index contributed by atoms with van der Waals surface area (Å²) in [5.41, 5.74) is -0.582. The lowest BCUT2D eigenvalue weighted by atomic mass is 10.2. The predicted molar refractivity (Wildman–Crippen MR) is 64.9 cm³/mol. The number of halogens is 3. The lowest BCUT2D eigenvalue weighted by Crippen LogP contribution is -2.05. The smallest absolute Gasteiger partial charge is 0.360 e. The summed E-state index contributed by atoms with van der Waals surface area (Å²) in [6.45, 7) is 1.77. The molecule has 2 aromatic rings. The van der Waals surface area contributed by atoms with Gasteiger partial charge in [0.2, 0.25) is 0 Å². The van der Waals surface area contributed by atoms with E-state index < -0.39 is 17.6 Å². The first-order valence-corrected chi connectivity index (χ1v) is 5.79. The van der Waals surface area contributed by atoms with E-state index in [1.165, 1.54) is 6.07 Å². The van der Waals surface area contributed by atoms with Crippen molar-refractivity contribution < 1.29 is 18.3 Å². The number of ether oxygens (including phenoxy) is 1. The van der Waals surface area contributed by atoms with Gasteiger partial charge in [0.1, 0.15) is 22.6 Å². The number of rotatable bonds is 3. The molecule has 0 unspecified atom stereocenters. The molecule has 19 heavy (non-hydrogen) atoms. The number of aromatic nitrogens is 2. The predicted octanol–water partition coefficient (Wildman–Crippen LogP) is 3.19. The van der Waals surface area contributed by atoms with Crippen LogP contribution in [0.15, 0.2) is 18.2 Å². The van der Waals surface area contributed by atoms with Gasteiger partial charge in [-0.15, -0.1) is 0 Å². The summed E-state index contributed by atoms with van der Waals surface area (Å²) in [6.07, 6.45) is 0. The second-order valence-corrected chi connectivity index (χ2v) is 3.94. The van der Waals surface area contributed by atoms with Crippen LogP contribution in [-0.4, -0.2) is 22.5 Å². The Morgan fingerprint density at radius 2 is 2.05 bits per heavy atom. The number of H-pyrrole nitrogens is 1. The molecule has 0 bridgehead atoms. The Balaban J connectivity index is 2.48. The fraction of sp³-hybridized carbons (Fsp3) is 0.167. The number of imidazole rings is 1. The highest BCUT2D eigenvalue weighted by Gasteiger charge is 2.21. The molecule has 4 nitrogen and oxygen atoms in total. The van der Waals surface area contributed by atoms with E-state index in [9.17, 15) is 13.6 Å². The number of aromatic amines is 1. The fourth-order valence-corrected chi connectivity index (χ4v) is 1.74. The summed E-state index contributed by atoms with van der Waals surface area (Å²) in [4.78, 5) is 17.7. The van der Waals surface area contributed by atoms with Gasteiger partial charge in [-0.2, -0.15) is 0 Å². The van der Waals surface area contributed by atoms with E-state index in [2.05, 4.69) is 9.97 Å². The average Bonchev–Trinajstić information content (AvgIpc) is 2.71. The van der Waals surface area contributed by atoms with Gasteiger partial charge in [-0.1, -0.05) is 17.7 Å². The van der Waals surface area contributed by atoms with Gasteiger partial charge in [0.05, 0.1) is 12.2 Å². The van der Waals surface area contributed by atoms with E-state index in [1.807, 2.05) is 0 Å². The van der Waals surface area contributed by atoms with Gasteiger partial charge in [0.15, 0.2) is 5.69 Å². The minimum Gasteiger partial charge on any atom is -0.461 e. The number of carbonyl (C=O) groups is 1. The molecule has 0 radical (unpaired) electrons. The van der Waals surface area contributed by atoms with Crippen LogP contribution in [0.1, 0.15) is 17.4 Å². The van der Waals surface area contributed by atoms with Crippen LogP contribution < -0.4 is 0 Å². The van der Waals surface area contributed by atoms with Crippen molar-refractivity contribution in [3.8, 4) is 11.4 Å². The number of nitrogens with zero attached hydrogens (tertiary/aromatic N) is 1. The van der Waals surface area contributed by atoms with Gasteiger partial charge in [-0.05, 0) is 19.1 Å². The zero-order chi connectivity index (χ0) is 14.0. The summed E-state index contributed by atoms with van der Waals surface area (Å²) in [5.74, 6) is -2.53. The number of benzene rings is 1. The first-order chi connectivity index (χ1) is 9.04. The maximum Gasteiger partial charge on any atom is 0.360 e. The molecule has 0 fully saturated rings. The second-order valence-electron chi connectivity index (χ2n) is 3.57. The molecular formula is C12H9ClF2N2O2. The molecule has 0 aliphatic heterocycles. The van der Waals surface area contributed by atoms with Crippen LogP contribution in [0.3, 0.4) is 0 Å². The van der Waals surface area contributed by atoms with E-state index in [0.717, 1.165) is 12.1 Å². The zero-order valence-corrected chi connectivity index (χ0v) is 10.6. The maximum absolute atomic E-state index is 13.6. The normalized spacial score (nSPS) is 10.5. The highest BCUT2D eigenvalue weighted by molar-refractivity contribution is 6.32. The molecule has 100 valence electrons. The summed E-state index contributed by atoms with van der Waals surface area (Å²) < 4.78 is 31.9. The summed E-state index contributed by atoms with van der Waals surface area (Å²) in [7, 11) is 0. The highest BCUT2D eigenvalue weighted by Crippen LogP contribution is 2.26. The molecule has 0 atom stereocenters. The average molecular weight is 287 g/mol. The largest absolute Gasteiger partial charge is 0.461 e. The van der Waals surface area contributed by atoms with Crippen molar-refractivity contribution in [3.63, 3.8) is 0 Å². The zero-order valence-electron chi connectivity index (χ0n) is 9.84. The topological polar surface area (TPSA) is 55.0 Å². The summed E-state index contributed by atoms with van der Waals surface area (Å²) >= 11 is 5.77. The van der Waals surface area contributed by atoms with Crippen LogP contribution in [0.5, 0.6) is 0 Å². The molecule has 1 aromatic heterocycles. The Morgan fingerprint density at radius 3 is 2.63 bits per heavy atom. The highest BCUT2D eigenvalue weighted by atomic mass is 35.5. The molecule has 0 amide bonds. The molecule has 7 heteroatoms. The summed E-state index contributed by atoms with van der Waals surface area (Å²) in [5, 5.41) is -0.129. The van der Waals surface area contributed by atoms with Crippen molar-refractivity contribution >= 4 is 17.6 Å². The first-order valence-electron chi connectivity index (χ1n) is 5.41. The Hall–Kier alpha value is -1.95. The Bertz CT molecular complexity index is 608. The molecule has 1 N–H and O–H groups in total. The molecule has 1 aromatic carbocycles. The standard InChI is InChI=1S/C12H9ClF2N2O2/c1-2-19-12(18)9-10(13)17-11(16-9)8-6(14)4-3-5-7(8)15/h3-5H,2H2,1H3,(H,16,17). The quantitative estimate of drug-likeness (QED) is 0.882. The molecule has 0 saturated heterocycles. The van der Waals surface area contributed by atoms with Crippen LogP contribution in [0.2, 0.25) is 5.15 Å². The lowest BCUT2D eigenvalue weighted by Gasteiger charge is -2.00. The second kappa shape index (κ2) is 5.36. The lowest BCUT2D eigenvalue weighted by molar-refractivity contribution is 0.0520. The molecule has 0 aliphatic rings. The Morgan fingerprint density at radius 1 is 1.42 bits per heavy atom. The number of esters is 1. The molecule has 0 aliphatic carbocycles. The van der Waals surface area contributed by atoms with Crippen molar-refractivity contribution in [2.45, 2.75) is 6.92 Å². The number of hydrogen-bond acceptors (Lipinski definition) is 3. The maximum atomic E-state index is 13.6. The van der Waals surface area contributed by atoms with E-state index in [4.69, 9.17) is 16.3 Å². The monoisotopic (exact) mass is 286 g/mol. The third kappa shape index (κ3) is 2.58. The van der Waals surface area contributed by atoms with Gasteiger partial charge >= 0.3 is 5.97 Å². The van der Waals surface area contributed by atoms with Crippen molar-refractivity contribution in [2.75, 3.05) is 6.61 Å². The van der Waals surface area contributed by atoms with E-state index in [0.29, 0.717) is 0 Å². The number of hydrogen-bond donors (Lipinski definition) is 1. The molecule has 0 spiro atoms. The van der Waals surface area contributed by atoms with Crippen molar-refractivity contribution in [1.29, 1.82) is 0 Å². The minimum absolute atomic E-state index is 0.129. The van der Waals surface area contributed by atoms with Crippen LogP contribution in [0, 0.1) is 11.6 Å². The Kier molecular flexibility index (Phi) is 3.80. The molecule has 2 rings (SSSR count). The van der Waals surface area contributed by atoms with Crippen LogP contribution in [0.25, 0.3) is 11.4 Å². The Labute approximate surface area is 112 Å². The van der Waals surface area contributed by atoms with Crippen LogP contribution in [-0.2, 0) is 4.74 Å². The van der Waals surface area contributed by atoms with Crippen molar-refractivity contribution in [3.05, 3.63) is 40.7 Å². The van der Waals surface area contributed by atoms with E-state index in [-0.39, 0.29) is 28.8 Å². The fourth-order valence-electron chi connectivity index (χ4n) is 1.53. The van der Waals surface area contributed by atoms with Gasteiger partial charge in [-0.25, -0.2) is 18.6 Å². The third-order valence-corrected chi connectivity index (χ3v) is 2.60. The van der Waals surface area contributed by atoms with Crippen molar-refractivity contribution in [1.82, 2.24) is 9.97 Å².